The number of imide groups is 1. The fourth-order valence-corrected chi connectivity index (χ4v) is 1.82. The second-order valence-corrected chi connectivity index (χ2v) is 3.42. The lowest BCUT2D eigenvalue weighted by molar-refractivity contribution is -0.107. The van der Waals surface area contributed by atoms with Gasteiger partial charge in [0.05, 0.1) is 11.1 Å². The highest BCUT2D eigenvalue weighted by atomic mass is 16.3. The van der Waals surface area contributed by atoms with Gasteiger partial charge in [0.1, 0.15) is 12.9 Å². The molecule has 5 nitrogen and oxygen atoms in total. The average Bonchev–Trinajstić information content (AvgIpc) is 2.55. The molecule has 2 rings (SSSR count). The molecule has 0 saturated carbocycles. The number of benzene rings is 1. The van der Waals surface area contributed by atoms with Gasteiger partial charge >= 0.3 is 0 Å². The molecule has 16 heavy (non-hydrogen) atoms. The topological polar surface area (TPSA) is 83.1 Å². The van der Waals surface area contributed by atoms with Gasteiger partial charge in [-0.25, -0.2) is 5.11 Å². The monoisotopic (exact) mass is 218 g/mol. The van der Waals surface area contributed by atoms with Crippen LogP contribution in [0.2, 0.25) is 0 Å². The zero-order valence-electron chi connectivity index (χ0n) is 8.28. The van der Waals surface area contributed by atoms with Crippen molar-refractivity contribution in [3.63, 3.8) is 0 Å². The number of hydrogen-bond acceptors (Lipinski definition) is 3. The Hall–Kier alpha value is -2.01. The molecule has 0 aromatic heterocycles. The molecule has 0 spiro atoms. The van der Waals surface area contributed by atoms with Crippen molar-refractivity contribution >= 4 is 18.1 Å². The van der Waals surface area contributed by atoms with Gasteiger partial charge in [-0.2, -0.15) is 0 Å². The summed E-state index contributed by atoms with van der Waals surface area (Å²) in [4.78, 5) is 33.2. The number of nitrogens with one attached hydrogen (secondary N) is 1. The summed E-state index contributed by atoms with van der Waals surface area (Å²) in [7, 11) is 0. The maximum absolute atomic E-state index is 11.5. The molecule has 1 aliphatic heterocycles. The first-order valence-corrected chi connectivity index (χ1v) is 4.71. The van der Waals surface area contributed by atoms with Crippen molar-refractivity contribution < 1.29 is 19.5 Å². The Morgan fingerprint density at radius 3 is 2.56 bits per heavy atom. The first kappa shape index (κ1) is 10.5. The molecule has 0 unspecified atom stereocenters. The lowest BCUT2D eigenvalue weighted by Crippen LogP contribution is -2.20. The minimum atomic E-state index is -0.618. The minimum Gasteiger partial charge on any atom is -0.303 e. The Labute approximate surface area is 91.1 Å². The smallest absolute Gasteiger partial charge is 0.259 e. The summed E-state index contributed by atoms with van der Waals surface area (Å²) in [6, 6.07) is 3.01. The molecule has 1 aromatic rings. The van der Waals surface area contributed by atoms with E-state index in [9.17, 15) is 19.5 Å². The molecule has 1 radical (unpaired) electrons. The summed E-state index contributed by atoms with van der Waals surface area (Å²) in [6.45, 7) is -0.618. The molecule has 81 valence electrons. The van der Waals surface area contributed by atoms with E-state index in [1.807, 2.05) is 0 Å². The third-order valence-corrected chi connectivity index (χ3v) is 2.56. The van der Waals surface area contributed by atoms with E-state index in [1.165, 1.54) is 6.07 Å². The van der Waals surface area contributed by atoms with Crippen LogP contribution in [0.1, 0.15) is 31.8 Å². The maximum atomic E-state index is 11.5. The lowest BCUT2D eigenvalue weighted by Gasteiger charge is -2.06. The summed E-state index contributed by atoms with van der Waals surface area (Å²) >= 11 is 0. The highest BCUT2D eigenvalue weighted by Crippen LogP contribution is 2.24. The van der Waals surface area contributed by atoms with Gasteiger partial charge in [0.25, 0.3) is 11.8 Å². The molecule has 0 fully saturated rings. The zero-order valence-corrected chi connectivity index (χ0v) is 8.28. The van der Waals surface area contributed by atoms with Crippen LogP contribution in [0.4, 0.5) is 0 Å². The summed E-state index contributed by atoms with van der Waals surface area (Å²) in [5.74, 6) is -1.05. The van der Waals surface area contributed by atoms with Crippen LogP contribution < -0.4 is 5.32 Å². The van der Waals surface area contributed by atoms with Crippen LogP contribution in [0.5, 0.6) is 0 Å². The van der Waals surface area contributed by atoms with Gasteiger partial charge in [-0.15, -0.1) is 0 Å². The van der Waals surface area contributed by atoms with Gasteiger partial charge in [0.2, 0.25) is 0 Å². The fraction of sp³-hybridized carbons (Fsp3) is 0.182. The Kier molecular flexibility index (Phi) is 2.54. The fourth-order valence-electron chi connectivity index (χ4n) is 1.82. The van der Waals surface area contributed by atoms with Crippen LogP contribution in [0.15, 0.2) is 12.1 Å². The van der Waals surface area contributed by atoms with E-state index in [0.29, 0.717) is 11.8 Å². The molecule has 1 aromatic carbocycles. The van der Waals surface area contributed by atoms with Crippen LogP contribution in [0.25, 0.3) is 0 Å². The predicted molar refractivity (Wildman–Crippen MR) is 52.4 cm³/mol. The van der Waals surface area contributed by atoms with Gasteiger partial charge in [-0.05, 0) is 17.2 Å². The number of fused-ring (bicyclic) bond motifs is 1. The summed E-state index contributed by atoms with van der Waals surface area (Å²) in [6.07, 6.45) is 0.738. The highest BCUT2D eigenvalue weighted by molar-refractivity contribution is 6.22. The van der Waals surface area contributed by atoms with Crippen LogP contribution in [0.3, 0.4) is 0 Å². The molecule has 5 heteroatoms. The molecular weight excluding hydrogens is 210 g/mol. The number of carbonyl (C=O) groups excluding carboxylic acids is 3. The Balaban J connectivity index is 2.65. The van der Waals surface area contributed by atoms with E-state index in [0.717, 1.165) is 0 Å². The van der Waals surface area contributed by atoms with Crippen LogP contribution in [-0.4, -0.2) is 18.1 Å². The average molecular weight is 218 g/mol. The molecular formula is C11H8NO4. The zero-order chi connectivity index (χ0) is 11.7. The van der Waals surface area contributed by atoms with Crippen molar-refractivity contribution in [1.82, 2.24) is 5.32 Å². The highest BCUT2D eigenvalue weighted by Gasteiger charge is 2.30. The van der Waals surface area contributed by atoms with Crippen molar-refractivity contribution in [1.29, 1.82) is 0 Å². The van der Waals surface area contributed by atoms with Crippen LogP contribution in [-0.2, 0) is 22.9 Å². The van der Waals surface area contributed by atoms with Crippen molar-refractivity contribution in [3.05, 3.63) is 34.4 Å². The number of carbonyl (C=O) groups is 3. The van der Waals surface area contributed by atoms with Crippen molar-refractivity contribution in [2.24, 2.45) is 0 Å². The van der Waals surface area contributed by atoms with E-state index in [-0.39, 0.29) is 23.1 Å². The molecule has 0 saturated heterocycles. The van der Waals surface area contributed by atoms with Gasteiger partial charge in [-0.3, -0.25) is 14.9 Å². The molecule has 1 heterocycles. The first-order chi connectivity index (χ1) is 7.69. The van der Waals surface area contributed by atoms with Crippen molar-refractivity contribution in [2.45, 2.75) is 13.0 Å². The number of hydrogen-bond donors (Lipinski definition) is 1. The normalized spacial score (nSPS) is 13.6. The van der Waals surface area contributed by atoms with E-state index in [1.54, 1.807) is 6.07 Å². The third kappa shape index (κ3) is 1.42. The van der Waals surface area contributed by atoms with E-state index < -0.39 is 18.4 Å². The number of rotatable bonds is 3. The minimum absolute atomic E-state index is 0.0757. The Bertz CT molecular complexity index is 493. The second kappa shape index (κ2) is 3.86. The van der Waals surface area contributed by atoms with Crippen LogP contribution in [0, 0.1) is 0 Å². The SMILES string of the molecule is [O]Cc1c(CC=O)ccc2c1C(=O)NC2=O. The van der Waals surface area contributed by atoms with Gasteiger partial charge < -0.3 is 4.79 Å². The summed E-state index contributed by atoms with van der Waals surface area (Å²) in [5.41, 5.74) is 1.09. The van der Waals surface area contributed by atoms with E-state index in [2.05, 4.69) is 5.32 Å². The molecule has 0 aliphatic carbocycles. The summed E-state index contributed by atoms with van der Waals surface area (Å²) in [5, 5.41) is 13.2. The molecule has 2 amide bonds. The Morgan fingerprint density at radius 2 is 1.94 bits per heavy atom. The number of aldehydes is 1. The van der Waals surface area contributed by atoms with Gasteiger partial charge in [0.15, 0.2) is 0 Å². The predicted octanol–water partition coefficient (Wildman–Crippen LogP) is 0.242. The quantitative estimate of drug-likeness (QED) is 0.582. The molecule has 1 N–H and O–H groups in total. The maximum Gasteiger partial charge on any atom is 0.259 e. The van der Waals surface area contributed by atoms with E-state index >= 15 is 0 Å². The lowest BCUT2D eigenvalue weighted by atomic mass is 9.96. The number of amides is 2. The first-order valence-electron chi connectivity index (χ1n) is 4.71. The molecule has 0 atom stereocenters. The van der Waals surface area contributed by atoms with Gasteiger partial charge in [0, 0.05) is 6.42 Å². The van der Waals surface area contributed by atoms with E-state index in [4.69, 9.17) is 0 Å². The second-order valence-electron chi connectivity index (χ2n) is 3.42. The Morgan fingerprint density at radius 1 is 1.19 bits per heavy atom. The summed E-state index contributed by atoms with van der Waals surface area (Å²) < 4.78 is 0. The third-order valence-electron chi connectivity index (χ3n) is 2.56. The molecule has 0 bridgehead atoms. The van der Waals surface area contributed by atoms with Crippen molar-refractivity contribution in [3.8, 4) is 0 Å². The largest absolute Gasteiger partial charge is 0.303 e. The van der Waals surface area contributed by atoms with Crippen LogP contribution >= 0.6 is 0 Å². The molecule has 1 aliphatic rings. The standard InChI is InChI=1S/C11H8NO4/c13-4-3-6-1-2-7-9(8(6)5-14)11(16)12-10(7)15/h1-2,4H,3,5H2,(H,12,15,16). The van der Waals surface area contributed by atoms with Crippen molar-refractivity contribution in [2.75, 3.05) is 0 Å². The van der Waals surface area contributed by atoms with Gasteiger partial charge in [-0.1, -0.05) is 6.07 Å².